The third-order valence-corrected chi connectivity index (χ3v) is 4.26. The van der Waals surface area contributed by atoms with Crippen molar-refractivity contribution in [2.24, 2.45) is 17.6 Å². The van der Waals surface area contributed by atoms with Gasteiger partial charge < -0.3 is 10.5 Å². The predicted octanol–water partition coefficient (Wildman–Crippen LogP) is 2.32. The molecule has 0 aromatic heterocycles. The molecule has 2 heteroatoms. The van der Waals surface area contributed by atoms with Gasteiger partial charge in [0.1, 0.15) is 0 Å². The average Bonchev–Trinajstić information content (AvgIpc) is 2.67. The summed E-state index contributed by atoms with van der Waals surface area (Å²) >= 11 is 0. The van der Waals surface area contributed by atoms with Crippen molar-refractivity contribution in [1.29, 1.82) is 0 Å². The fourth-order valence-electron chi connectivity index (χ4n) is 3.10. The number of hydrogen-bond donors (Lipinski definition) is 1. The predicted molar refractivity (Wildman–Crippen MR) is 58.1 cm³/mol. The molecule has 1 saturated heterocycles. The highest BCUT2D eigenvalue weighted by Crippen LogP contribution is 2.39. The average molecular weight is 197 g/mol. The molecule has 2 fully saturated rings. The summed E-state index contributed by atoms with van der Waals surface area (Å²) in [6, 6.07) is 0. The van der Waals surface area contributed by atoms with Gasteiger partial charge in [0, 0.05) is 12.1 Å². The van der Waals surface area contributed by atoms with Crippen LogP contribution in [-0.2, 0) is 4.74 Å². The van der Waals surface area contributed by atoms with Crippen molar-refractivity contribution in [3.63, 3.8) is 0 Å². The monoisotopic (exact) mass is 197 g/mol. The molecule has 14 heavy (non-hydrogen) atoms. The summed E-state index contributed by atoms with van der Waals surface area (Å²) in [6.07, 6.45) is 7.88. The maximum Gasteiger partial charge on any atom is 0.0649 e. The van der Waals surface area contributed by atoms with Gasteiger partial charge in [-0.05, 0) is 31.1 Å². The summed E-state index contributed by atoms with van der Waals surface area (Å²) in [4.78, 5) is 0. The molecule has 2 rings (SSSR count). The van der Waals surface area contributed by atoms with E-state index in [-0.39, 0.29) is 5.54 Å². The largest absolute Gasteiger partial charge is 0.379 e. The summed E-state index contributed by atoms with van der Waals surface area (Å²) in [5, 5.41) is 0. The van der Waals surface area contributed by atoms with Gasteiger partial charge in [-0.2, -0.15) is 0 Å². The Morgan fingerprint density at radius 1 is 1.43 bits per heavy atom. The molecule has 0 aromatic carbocycles. The summed E-state index contributed by atoms with van der Waals surface area (Å²) in [5.74, 6) is 1.65. The van der Waals surface area contributed by atoms with E-state index >= 15 is 0 Å². The highest BCUT2D eigenvalue weighted by atomic mass is 16.5. The lowest BCUT2D eigenvalue weighted by atomic mass is 9.70. The third-order valence-electron chi connectivity index (χ3n) is 4.26. The first-order valence-electron chi connectivity index (χ1n) is 6.11. The normalized spacial score (nSPS) is 44.1. The highest BCUT2D eigenvalue weighted by Gasteiger charge is 2.40. The first kappa shape index (κ1) is 10.4. The maximum absolute atomic E-state index is 6.43. The van der Waals surface area contributed by atoms with Crippen LogP contribution in [-0.4, -0.2) is 18.8 Å². The molecule has 1 aliphatic heterocycles. The number of nitrogens with two attached hydrogens (primary N) is 1. The molecule has 0 bridgehead atoms. The molecule has 0 aromatic rings. The van der Waals surface area contributed by atoms with Crippen LogP contribution in [0.5, 0.6) is 0 Å². The van der Waals surface area contributed by atoms with Gasteiger partial charge in [-0.15, -0.1) is 0 Å². The minimum absolute atomic E-state index is 0.0217. The molecule has 1 saturated carbocycles. The molecule has 82 valence electrons. The second kappa shape index (κ2) is 4.19. The van der Waals surface area contributed by atoms with E-state index in [4.69, 9.17) is 10.5 Å². The summed E-state index contributed by atoms with van der Waals surface area (Å²) < 4.78 is 5.46. The van der Waals surface area contributed by atoms with Crippen molar-refractivity contribution in [3.05, 3.63) is 0 Å². The summed E-state index contributed by atoms with van der Waals surface area (Å²) in [5.41, 5.74) is 6.45. The van der Waals surface area contributed by atoms with Crippen LogP contribution < -0.4 is 5.73 Å². The Morgan fingerprint density at radius 3 is 2.93 bits per heavy atom. The van der Waals surface area contributed by atoms with E-state index in [0.29, 0.717) is 0 Å². The van der Waals surface area contributed by atoms with Crippen LogP contribution in [0.15, 0.2) is 0 Å². The van der Waals surface area contributed by atoms with Crippen molar-refractivity contribution in [2.75, 3.05) is 13.2 Å². The molecule has 1 aliphatic carbocycles. The fraction of sp³-hybridized carbons (Fsp3) is 1.00. The second-order valence-corrected chi connectivity index (χ2v) is 5.17. The smallest absolute Gasteiger partial charge is 0.0649 e. The Hall–Kier alpha value is -0.0800. The number of hydrogen-bond acceptors (Lipinski definition) is 2. The van der Waals surface area contributed by atoms with Gasteiger partial charge in [0.2, 0.25) is 0 Å². The van der Waals surface area contributed by atoms with Gasteiger partial charge in [-0.1, -0.05) is 26.2 Å². The molecule has 2 N–H and O–H groups in total. The van der Waals surface area contributed by atoms with E-state index in [1.54, 1.807) is 0 Å². The van der Waals surface area contributed by atoms with Crippen LogP contribution in [0.3, 0.4) is 0 Å². The SMILES string of the molecule is CCC1CCCC(C2(N)CCOC2)C1. The van der Waals surface area contributed by atoms with Crippen LogP contribution in [0.1, 0.15) is 45.4 Å². The minimum atomic E-state index is 0.0217. The summed E-state index contributed by atoms with van der Waals surface area (Å²) in [7, 11) is 0. The zero-order valence-corrected chi connectivity index (χ0v) is 9.30. The Balaban J connectivity index is 1.96. The molecule has 2 aliphatic rings. The van der Waals surface area contributed by atoms with Gasteiger partial charge in [0.15, 0.2) is 0 Å². The zero-order chi connectivity index (χ0) is 10.0. The molecular weight excluding hydrogens is 174 g/mol. The van der Waals surface area contributed by atoms with Crippen molar-refractivity contribution in [3.8, 4) is 0 Å². The second-order valence-electron chi connectivity index (χ2n) is 5.17. The third kappa shape index (κ3) is 1.96. The van der Waals surface area contributed by atoms with E-state index in [0.717, 1.165) is 31.5 Å². The van der Waals surface area contributed by atoms with E-state index in [9.17, 15) is 0 Å². The van der Waals surface area contributed by atoms with Gasteiger partial charge in [0.05, 0.1) is 6.61 Å². The molecule has 2 nitrogen and oxygen atoms in total. The minimum Gasteiger partial charge on any atom is -0.379 e. The molecule has 0 radical (unpaired) electrons. The Bertz CT molecular complexity index is 187. The lowest BCUT2D eigenvalue weighted by Crippen LogP contribution is -2.49. The van der Waals surface area contributed by atoms with Crippen molar-refractivity contribution in [2.45, 2.75) is 51.0 Å². The van der Waals surface area contributed by atoms with E-state index in [1.807, 2.05) is 0 Å². The van der Waals surface area contributed by atoms with Crippen molar-refractivity contribution >= 4 is 0 Å². The fourth-order valence-corrected chi connectivity index (χ4v) is 3.10. The lowest BCUT2D eigenvalue weighted by Gasteiger charge is -2.38. The Kier molecular flexibility index (Phi) is 3.13. The molecule has 3 atom stereocenters. The van der Waals surface area contributed by atoms with E-state index in [2.05, 4.69) is 6.92 Å². The van der Waals surface area contributed by atoms with Crippen LogP contribution in [0.25, 0.3) is 0 Å². The molecule has 1 heterocycles. The molecule has 3 unspecified atom stereocenters. The van der Waals surface area contributed by atoms with Crippen molar-refractivity contribution in [1.82, 2.24) is 0 Å². The first-order valence-corrected chi connectivity index (χ1v) is 6.11. The zero-order valence-electron chi connectivity index (χ0n) is 9.30. The van der Waals surface area contributed by atoms with Crippen LogP contribution >= 0.6 is 0 Å². The van der Waals surface area contributed by atoms with Crippen molar-refractivity contribution < 1.29 is 4.74 Å². The molecular formula is C12H23NO. The number of ether oxygens (including phenoxy) is 1. The van der Waals surface area contributed by atoms with Gasteiger partial charge >= 0.3 is 0 Å². The van der Waals surface area contributed by atoms with Crippen LogP contribution in [0.2, 0.25) is 0 Å². The Labute approximate surface area is 87.2 Å². The van der Waals surface area contributed by atoms with Crippen LogP contribution in [0.4, 0.5) is 0 Å². The van der Waals surface area contributed by atoms with Crippen LogP contribution in [0, 0.1) is 11.8 Å². The Morgan fingerprint density at radius 2 is 2.29 bits per heavy atom. The van der Waals surface area contributed by atoms with E-state index < -0.39 is 0 Å². The molecule has 0 spiro atoms. The first-order chi connectivity index (χ1) is 6.74. The lowest BCUT2D eigenvalue weighted by molar-refractivity contribution is 0.124. The quantitative estimate of drug-likeness (QED) is 0.737. The maximum atomic E-state index is 6.43. The summed E-state index contributed by atoms with van der Waals surface area (Å²) in [6.45, 7) is 3.99. The topological polar surface area (TPSA) is 35.2 Å². The van der Waals surface area contributed by atoms with Gasteiger partial charge in [0.25, 0.3) is 0 Å². The highest BCUT2D eigenvalue weighted by molar-refractivity contribution is 4.96. The standard InChI is InChI=1S/C12H23NO/c1-2-10-4-3-5-11(8-10)12(13)6-7-14-9-12/h10-11H,2-9,13H2,1H3. The number of rotatable bonds is 2. The molecule has 0 amide bonds. The van der Waals surface area contributed by atoms with E-state index in [1.165, 1.54) is 32.1 Å². The van der Waals surface area contributed by atoms with Gasteiger partial charge in [-0.25, -0.2) is 0 Å². The van der Waals surface area contributed by atoms with Gasteiger partial charge in [-0.3, -0.25) is 0 Å².